The number of fused-ring (bicyclic) bond motifs is 1. The minimum Gasteiger partial charge on any atom is -0.508 e. The SMILES string of the molecule is CC1=C(CCCCC2CCCCC2)C(=O)c2ccc(O)c(C)c2C1=O. The second-order valence-electron chi connectivity index (χ2n) is 7.64. The van der Waals surface area contributed by atoms with Crippen LogP contribution in [0, 0.1) is 12.8 Å². The molecule has 1 N–H and O–H groups in total. The zero-order valence-electron chi connectivity index (χ0n) is 15.4. The van der Waals surface area contributed by atoms with E-state index in [1.54, 1.807) is 19.9 Å². The molecule has 134 valence electrons. The molecule has 2 aliphatic rings. The number of carbonyl (C=O) groups excluding carboxylic acids is 2. The lowest BCUT2D eigenvalue weighted by molar-refractivity contribution is 0.0970. The maximum atomic E-state index is 12.8. The molecule has 0 saturated heterocycles. The molecule has 1 saturated carbocycles. The highest BCUT2D eigenvalue weighted by atomic mass is 16.3. The van der Waals surface area contributed by atoms with E-state index in [0.717, 1.165) is 18.8 Å². The van der Waals surface area contributed by atoms with Crippen LogP contribution in [-0.4, -0.2) is 16.7 Å². The highest BCUT2D eigenvalue weighted by molar-refractivity contribution is 6.27. The molecule has 0 radical (unpaired) electrons. The number of ketones is 2. The van der Waals surface area contributed by atoms with Crippen LogP contribution >= 0.6 is 0 Å². The van der Waals surface area contributed by atoms with Gasteiger partial charge in [0.1, 0.15) is 5.75 Å². The molecule has 3 nitrogen and oxygen atoms in total. The Bertz CT molecular complexity index is 721. The third-order valence-electron chi connectivity index (χ3n) is 5.99. The fourth-order valence-electron chi connectivity index (χ4n) is 4.35. The average molecular weight is 340 g/mol. The smallest absolute Gasteiger partial charge is 0.190 e. The van der Waals surface area contributed by atoms with Crippen molar-refractivity contribution in [2.75, 3.05) is 0 Å². The molecule has 0 spiro atoms. The molecule has 0 bridgehead atoms. The Kier molecular flexibility index (Phi) is 5.41. The Hall–Kier alpha value is -1.90. The van der Waals surface area contributed by atoms with Crippen molar-refractivity contribution in [1.82, 2.24) is 0 Å². The topological polar surface area (TPSA) is 54.4 Å². The fourth-order valence-corrected chi connectivity index (χ4v) is 4.35. The summed E-state index contributed by atoms with van der Waals surface area (Å²) in [6.45, 7) is 3.45. The quantitative estimate of drug-likeness (QED) is 0.716. The van der Waals surface area contributed by atoms with Crippen molar-refractivity contribution in [3.05, 3.63) is 40.0 Å². The van der Waals surface area contributed by atoms with Crippen molar-refractivity contribution in [2.24, 2.45) is 5.92 Å². The third kappa shape index (κ3) is 3.56. The van der Waals surface area contributed by atoms with Gasteiger partial charge in [-0.25, -0.2) is 0 Å². The van der Waals surface area contributed by atoms with Gasteiger partial charge in [0, 0.05) is 27.8 Å². The first kappa shape index (κ1) is 17.9. The second-order valence-corrected chi connectivity index (χ2v) is 7.64. The summed E-state index contributed by atoms with van der Waals surface area (Å²) in [5.41, 5.74) is 2.57. The maximum Gasteiger partial charge on any atom is 0.190 e. The fraction of sp³-hybridized carbons (Fsp3) is 0.545. The number of allylic oxidation sites excluding steroid dienone is 2. The molecule has 0 unspecified atom stereocenters. The van der Waals surface area contributed by atoms with E-state index >= 15 is 0 Å². The number of phenolic OH excluding ortho intramolecular Hbond substituents is 1. The Morgan fingerprint density at radius 2 is 1.72 bits per heavy atom. The molecule has 25 heavy (non-hydrogen) atoms. The number of aromatic hydroxyl groups is 1. The van der Waals surface area contributed by atoms with Crippen LogP contribution < -0.4 is 0 Å². The van der Waals surface area contributed by atoms with Crippen molar-refractivity contribution in [1.29, 1.82) is 0 Å². The molecule has 3 rings (SSSR count). The Balaban J connectivity index is 1.67. The summed E-state index contributed by atoms with van der Waals surface area (Å²) in [4.78, 5) is 25.5. The number of unbranched alkanes of at least 4 members (excludes halogenated alkanes) is 1. The number of Topliss-reactive ketones (excluding diaryl/α,β-unsaturated/α-hetero) is 2. The van der Waals surface area contributed by atoms with Crippen molar-refractivity contribution < 1.29 is 14.7 Å². The normalized spacial score (nSPS) is 18.6. The summed E-state index contributed by atoms with van der Waals surface area (Å²) in [5, 5.41) is 9.85. The van der Waals surface area contributed by atoms with E-state index in [1.165, 1.54) is 44.6 Å². The van der Waals surface area contributed by atoms with Crippen LogP contribution in [0.25, 0.3) is 0 Å². The number of phenols is 1. The molecular weight excluding hydrogens is 312 g/mol. The lowest BCUT2D eigenvalue weighted by atomic mass is 9.80. The number of carbonyl (C=O) groups is 2. The number of hydrogen-bond acceptors (Lipinski definition) is 3. The molecule has 0 atom stereocenters. The van der Waals surface area contributed by atoms with E-state index in [0.29, 0.717) is 34.3 Å². The maximum absolute atomic E-state index is 12.8. The summed E-state index contributed by atoms with van der Waals surface area (Å²) in [6, 6.07) is 3.10. The molecular formula is C22H28O3. The summed E-state index contributed by atoms with van der Waals surface area (Å²) < 4.78 is 0. The zero-order valence-corrected chi connectivity index (χ0v) is 15.4. The van der Waals surface area contributed by atoms with Crippen molar-refractivity contribution in [3.63, 3.8) is 0 Å². The monoisotopic (exact) mass is 340 g/mol. The van der Waals surface area contributed by atoms with Gasteiger partial charge in [0.2, 0.25) is 0 Å². The zero-order chi connectivity index (χ0) is 18.0. The number of hydrogen-bond donors (Lipinski definition) is 1. The lowest BCUT2D eigenvalue weighted by Crippen LogP contribution is -2.22. The van der Waals surface area contributed by atoms with Gasteiger partial charge in [0.15, 0.2) is 11.6 Å². The van der Waals surface area contributed by atoms with Gasteiger partial charge in [-0.2, -0.15) is 0 Å². The largest absolute Gasteiger partial charge is 0.508 e. The standard InChI is InChI=1S/C22H28O3/c1-14-17(11-7-6-10-16-8-4-3-5-9-16)22(25)18-12-13-19(23)15(2)20(18)21(14)24/h12-13,16,23H,3-11H2,1-2H3. The number of rotatable bonds is 5. The molecule has 0 heterocycles. The molecule has 0 aromatic heterocycles. The van der Waals surface area contributed by atoms with Gasteiger partial charge in [-0.05, 0) is 44.7 Å². The van der Waals surface area contributed by atoms with E-state index < -0.39 is 0 Å². The molecule has 0 amide bonds. The van der Waals surface area contributed by atoms with Crippen LogP contribution in [0.5, 0.6) is 5.75 Å². The van der Waals surface area contributed by atoms with Crippen LogP contribution in [-0.2, 0) is 0 Å². The molecule has 0 aliphatic heterocycles. The molecule has 1 fully saturated rings. The highest BCUT2D eigenvalue weighted by Gasteiger charge is 2.31. The summed E-state index contributed by atoms with van der Waals surface area (Å²) >= 11 is 0. The lowest BCUT2D eigenvalue weighted by Gasteiger charge is -2.22. The van der Waals surface area contributed by atoms with Crippen LogP contribution in [0.15, 0.2) is 23.3 Å². The van der Waals surface area contributed by atoms with Crippen LogP contribution in [0.2, 0.25) is 0 Å². The van der Waals surface area contributed by atoms with E-state index in [4.69, 9.17) is 0 Å². The third-order valence-corrected chi connectivity index (χ3v) is 5.99. The summed E-state index contributed by atoms with van der Waals surface area (Å²) in [7, 11) is 0. The van der Waals surface area contributed by atoms with Gasteiger partial charge in [-0.15, -0.1) is 0 Å². The predicted octanol–water partition coefficient (Wildman–Crippen LogP) is 5.54. The van der Waals surface area contributed by atoms with Gasteiger partial charge in [0.25, 0.3) is 0 Å². The van der Waals surface area contributed by atoms with Crippen molar-refractivity contribution in [2.45, 2.75) is 71.6 Å². The van der Waals surface area contributed by atoms with Gasteiger partial charge in [0.05, 0.1) is 0 Å². The van der Waals surface area contributed by atoms with E-state index in [1.807, 2.05) is 0 Å². The summed E-state index contributed by atoms with van der Waals surface area (Å²) in [6.07, 6.45) is 10.9. The second kappa shape index (κ2) is 7.55. The molecule has 1 aromatic carbocycles. The van der Waals surface area contributed by atoms with Gasteiger partial charge < -0.3 is 5.11 Å². The average Bonchev–Trinajstić information content (AvgIpc) is 2.62. The summed E-state index contributed by atoms with van der Waals surface area (Å²) in [5.74, 6) is 0.792. The predicted molar refractivity (Wildman–Crippen MR) is 99.2 cm³/mol. The minimum absolute atomic E-state index is 0.0344. The van der Waals surface area contributed by atoms with Crippen LogP contribution in [0.3, 0.4) is 0 Å². The molecule has 1 aromatic rings. The first-order chi connectivity index (χ1) is 12.0. The van der Waals surface area contributed by atoms with Gasteiger partial charge in [-0.1, -0.05) is 44.9 Å². The Labute approximate surface area is 150 Å². The first-order valence-electron chi connectivity index (χ1n) is 9.62. The van der Waals surface area contributed by atoms with Gasteiger partial charge >= 0.3 is 0 Å². The van der Waals surface area contributed by atoms with Crippen molar-refractivity contribution in [3.8, 4) is 5.75 Å². The Morgan fingerprint density at radius 1 is 1.00 bits per heavy atom. The van der Waals surface area contributed by atoms with E-state index in [9.17, 15) is 14.7 Å². The molecule has 3 heteroatoms. The van der Waals surface area contributed by atoms with Crippen LogP contribution in [0.4, 0.5) is 0 Å². The number of benzene rings is 1. The highest BCUT2D eigenvalue weighted by Crippen LogP contribution is 2.34. The van der Waals surface area contributed by atoms with E-state index in [-0.39, 0.29) is 17.3 Å². The minimum atomic E-state index is -0.106. The first-order valence-corrected chi connectivity index (χ1v) is 9.62. The Morgan fingerprint density at radius 3 is 2.44 bits per heavy atom. The molecule has 2 aliphatic carbocycles. The van der Waals surface area contributed by atoms with Gasteiger partial charge in [-0.3, -0.25) is 9.59 Å². The van der Waals surface area contributed by atoms with Crippen molar-refractivity contribution >= 4 is 11.6 Å². The van der Waals surface area contributed by atoms with Crippen LogP contribution in [0.1, 0.15) is 91.0 Å². The van der Waals surface area contributed by atoms with E-state index in [2.05, 4.69) is 0 Å².